The van der Waals surface area contributed by atoms with E-state index in [9.17, 15) is 9.50 Å². The number of aromatic nitrogens is 4. The maximum absolute atomic E-state index is 12.7. The lowest BCUT2D eigenvalue weighted by Crippen LogP contribution is -2.15. The standard InChI is InChI=1S/C11H11FN4OS.C4H6/c1-7(18-11-13-3-2-4-14-11)9(17)10-15-5-8(12)6-16-10;1-3-4-2/h2-7,9,17H,1H3;3-4H,1-2H2/t7-,9?;/m0./s1. The van der Waals surface area contributed by atoms with E-state index in [0.717, 1.165) is 12.4 Å². The second kappa shape index (κ2) is 9.75. The largest absolute Gasteiger partial charge is 0.384 e. The van der Waals surface area contributed by atoms with Gasteiger partial charge in [0.2, 0.25) is 0 Å². The Bertz CT molecular complexity index is 574. The van der Waals surface area contributed by atoms with Gasteiger partial charge in [-0.15, -0.1) is 0 Å². The van der Waals surface area contributed by atoms with Crippen LogP contribution in [0.5, 0.6) is 0 Å². The van der Waals surface area contributed by atoms with Crippen molar-refractivity contribution in [2.75, 3.05) is 0 Å². The van der Waals surface area contributed by atoms with Gasteiger partial charge in [0.15, 0.2) is 16.8 Å². The summed E-state index contributed by atoms with van der Waals surface area (Å²) in [5, 5.41) is 10.3. The van der Waals surface area contributed by atoms with Crippen molar-refractivity contribution in [1.82, 2.24) is 19.9 Å². The van der Waals surface area contributed by atoms with Crippen LogP contribution in [0.4, 0.5) is 4.39 Å². The Morgan fingerprint density at radius 1 is 1.14 bits per heavy atom. The molecule has 2 heterocycles. The number of rotatable bonds is 5. The lowest BCUT2D eigenvalue weighted by Gasteiger charge is -2.15. The summed E-state index contributed by atoms with van der Waals surface area (Å²) >= 11 is 1.30. The van der Waals surface area contributed by atoms with Crippen LogP contribution in [-0.4, -0.2) is 30.3 Å². The predicted octanol–water partition coefficient (Wildman–Crippen LogP) is 2.98. The van der Waals surface area contributed by atoms with Gasteiger partial charge in [0.1, 0.15) is 6.10 Å². The molecule has 22 heavy (non-hydrogen) atoms. The molecule has 0 aliphatic heterocycles. The van der Waals surface area contributed by atoms with Crippen molar-refractivity contribution in [1.29, 1.82) is 0 Å². The van der Waals surface area contributed by atoms with Gasteiger partial charge in [0.25, 0.3) is 0 Å². The molecule has 2 atom stereocenters. The molecule has 0 spiro atoms. The van der Waals surface area contributed by atoms with Crippen LogP contribution in [0.2, 0.25) is 0 Å². The molecule has 2 aromatic heterocycles. The Balaban J connectivity index is 0.000000541. The van der Waals surface area contributed by atoms with Crippen molar-refractivity contribution in [3.8, 4) is 0 Å². The van der Waals surface area contributed by atoms with E-state index in [1.54, 1.807) is 37.5 Å². The Kier molecular flexibility index (Phi) is 7.95. The third kappa shape index (κ3) is 6.11. The van der Waals surface area contributed by atoms with Gasteiger partial charge >= 0.3 is 0 Å². The molecule has 1 N–H and O–H groups in total. The van der Waals surface area contributed by atoms with Crippen LogP contribution < -0.4 is 0 Å². The van der Waals surface area contributed by atoms with Crippen molar-refractivity contribution in [2.24, 2.45) is 0 Å². The molecule has 0 aliphatic carbocycles. The Labute approximate surface area is 133 Å². The molecule has 0 saturated heterocycles. The Morgan fingerprint density at radius 3 is 2.18 bits per heavy atom. The molecular formula is C15H17FN4OS. The third-order valence-corrected chi connectivity index (χ3v) is 3.40. The van der Waals surface area contributed by atoms with Crippen LogP contribution >= 0.6 is 11.8 Å². The van der Waals surface area contributed by atoms with Gasteiger partial charge in [-0.2, -0.15) is 0 Å². The summed E-state index contributed by atoms with van der Waals surface area (Å²) in [6.07, 6.45) is 7.69. The second-order valence-corrected chi connectivity index (χ2v) is 5.37. The number of nitrogens with zero attached hydrogens (tertiary/aromatic N) is 4. The molecule has 0 fully saturated rings. The SMILES string of the molecule is C=CC=C.C[C@H](Sc1ncccn1)C(O)c1ncc(F)cn1. The number of aliphatic hydroxyl groups is 1. The Morgan fingerprint density at radius 2 is 1.68 bits per heavy atom. The molecule has 0 aromatic carbocycles. The molecular weight excluding hydrogens is 303 g/mol. The van der Waals surface area contributed by atoms with Gasteiger partial charge in [0, 0.05) is 17.6 Å². The zero-order valence-corrected chi connectivity index (χ0v) is 12.9. The lowest BCUT2D eigenvalue weighted by molar-refractivity contribution is 0.169. The number of thioether (sulfide) groups is 1. The Hall–Kier alpha value is -2.12. The topological polar surface area (TPSA) is 71.8 Å². The minimum Gasteiger partial charge on any atom is -0.384 e. The first kappa shape index (κ1) is 17.9. The van der Waals surface area contributed by atoms with Crippen LogP contribution in [0, 0.1) is 5.82 Å². The van der Waals surface area contributed by atoms with Crippen molar-refractivity contribution in [3.05, 3.63) is 67.8 Å². The maximum atomic E-state index is 12.7. The fourth-order valence-corrected chi connectivity index (χ4v) is 2.09. The molecule has 116 valence electrons. The highest BCUT2D eigenvalue weighted by Crippen LogP contribution is 2.27. The first-order valence-corrected chi connectivity index (χ1v) is 7.29. The summed E-state index contributed by atoms with van der Waals surface area (Å²) < 4.78 is 12.7. The average molecular weight is 320 g/mol. The molecule has 5 nitrogen and oxygen atoms in total. The minimum absolute atomic E-state index is 0.187. The van der Waals surface area contributed by atoms with E-state index in [1.165, 1.54) is 11.8 Å². The van der Waals surface area contributed by atoms with E-state index in [1.807, 2.05) is 0 Å². The summed E-state index contributed by atoms with van der Waals surface area (Å²) in [4.78, 5) is 15.6. The van der Waals surface area contributed by atoms with Gasteiger partial charge in [-0.05, 0) is 13.0 Å². The second-order valence-electron chi connectivity index (χ2n) is 4.03. The monoisotopic (exact) mass is 320 g/mol. The first-order valence-electron chi connectivity index (χ1n) is 6.41. The first-order chi connectivity index (χ1) is 10.6. The number of aliphatic hydroxyl groups excluding tert-OH is 1. The van der Waals surface area contributed by atoms with E-state index >= 15 is 0 Å². The quantitative estimate of drug-likeness (QED) is 0.519. The van der Waals surface area contributed by atoms with Gasteiger partial charge in [-0.25, -0.2) is 24.3 Å². The smallest absolute Gasteiger partial charge is 0.187 e. The molecule has 0 aliphatic rings. The summed E-state index contributed by atoms with van der Waals surface area (Å²) in [5.74, 6) is -0.343. The zero-order valence-electron chi connectivity index (χ0n) is 12.1. The molecule has 0 amide bonds. The number of halogens is 1. The maximum Gasteiger partial charge on any atom is 0.187 e. The average Bonchev–Trinajstić information content (AvgIpc) is 2.56. The number of hydrogen-bond donors (Lipinski definition) is 1. The van der Waals surface area contributed by atoms with Crippen molar-refractivity contribution in [2.45, 2.75) is 23.4 Å². The lowest BCUT2D eigenvalue weighted by atomic mass is 10.2. The van der Waals surface area contributed by atoms with E-state index in [2.05, 4.69) is 33.1 Å². The molecule has 7 heteroatoms. The van der Waals surface area contributed by atoms with E-state index in [-0.39, 0.29) is 11.1 Å². The summed E-state index contributed by atoms with van der Waals surface area (Å²) in [6.45, 7) is 8.53. The predicted molar refractivity (Wildman–Crippen MR) is 84.7 cm³/mol. The molecule has 0 radical (unpaired) electrons. The summed E-state index contributed by atoms with van der Waals surface area (Å²) in [5.41, 5.74) is 0. The normalized spacial score (nSPS) is 12.5. The minimum atomic E-state index is -0.903. The van der Waals surface area contributed by atoms with E-state index in [4.69, 9.17) is 0 Å². The van der Waals surface area contributed by atoms with Crippen LogP contribution in [0.1, 0.15) is 18.9 Å². The highest BCUT2D eigenvalue weighted by molar-refractivity contribution is 7.99. The molecule has 1 unspecified atom stereocenters. The van der Waals surface area contributed by atoms with E-state index in [0.29, 0.717) is 5.16 Å². The third-order valence-electron chi connectivity index (χ3n) is 2.35. The van der Waals surface area contributed by atoms with Crippen LogP contribution in [0.3, 0.4) is 0 Å². The molecule has 0 saturated carbocycles. The van der Waals surface area contributed by atoms with Crippen molar-refractivity contribution < 1.29 is 9.50 Å². The van der Waals surface area contributed by atoms with Gasteiger partial charge in [-0.1, -0.05) is 37.1 Å². The van der Waals surface area contributed by atoms with Crippen molar-refractivity contribution in [3.63, 3.8) is 0 Å². The van der Waals surface area contributed by atoms with Crippen LogP contribution in [0.25, 0.3) is 0 Å². The van der Waals surface area contributed by atoms with E-state index < -0.39 is 11.9 Å². The fourth-order valence-electron chi connectivity index (χ4n) is 1.26. The zero-order chi connectivity index (χ0) is 16.4. The van der Waals surface area contributed by atoms with Crippen LogP contribution in [0.15, 0.2) is 61.3 Å². The number of allylic oxidation sites excluding steroid dienone is 2. The summed E-state index contributed by atoms with van der Waals surface area (Å²) in [7, 11) is 0. The number of hydrogen-bond acceptors (Lipinski definition) is 6. The molecule has 0 bridgehead atoms. The summed E-state index contributed by atoms with van der Waals surface area (Å²) in [6, 6.07) is 1.72. The molecule has 2 rings (SSSR count). The van der Waals surface area contributed by atoms with Gasteiger partial charge in [-0.3, -0.25) is 0 Å². The van der Waals surface area contributed by atoms with Gasteiger partial charge < -0.3 is 5.11 Å². The highest BCUT2D eigenvalue weighted by atomic mass is 32.2. The highest BCUT2D eigenvalue weighted by Gasteiger charge is 2.21. The fraction of sp³-hybridized carbons (Fsp3) is 0.200. The molecule has 2 aromatic rings. The van der Waals surface area contributed by atoms with Gasteiger partial charge in [0.05, 0.1) is 12.4 Å². The van der Waals surface area contributed by atoms with Crippen LogP contribution in [-0.2, 0) is 0 Å². The van der Waals surface area contributed by atoms with Crippen molar-refractivity contribution >= 4 is 11.8 Å².